The van der Waals surface area contributed by atoms with Gasteiger partial charge in [0.2, 0.25) is 0 Å². The molecule has 0 unspecified atom stereocenters. The van der Waals surface area contributed by atoms with Crippen molar-refractivity contribution in [3.05, 3.63) is 68.5 Å². The Morgan fingerprint density at radius 2 is 1.21 bits per heavy atom. The summed E-state index contributed by atoms with van der Waals surface area (Å²) in [5, 5.41) is 36.8. The SMILES string of the molecule is CC(C)(C)c1cc(N=C/C(=C/Nc2cc(C(C)(C)C)cc(C(C)(C)C)c2O)[N+](=O)[O-])c(O)c(C(C)(C)C)c1. The highest BCUT2D eigenvalue weighted by molar-refractivity contribution is 5.81. The number of aromatic hydroxyl groups is 2. The molecule has 2 rings (SSSR count). The van der Waals surface area contributed by atoms with Crippen molar-refractivity contribution >= 4 is 17.6 Å². The van der Waals surface area contributed by atoms with Crippen LogP contribution in [0.4, 0.5) is 11.4 Å². The van der Waals surface area contributed by atoms with Gasteiger partial charge in [0.15, 0.2) is 0 Å². The highest BCUT2D eigenvalue weighted by atomic mass is 16.6. The lowest BCUT2D eigenvalue weighted by molar-refractivity contribution is -0.414. The zero-order chi connectivity index (χ0) is 29.4. The van der Waals surface area contributed by atoms with E-state index in [4.69, 9.17) is 0 Å². The minimum absolute atomic E-state index is 0.00255. The van der Waals surface area contributed by atoms with Gasteiger partial charge in [-0.25, -0.2) is 4.99 Å². The molecular formula is C31H45N3O4. The fraction of sp³-hybridized carbons (Fsp3) is 0.516. The highest BCUT2D eigenvalue weighted by Gasteiger charge is 2.26. The van der Waals surface area contributed by atoms with Crippen LogP contribution in [0.25, 0.3) is 0 Å². The van der Waals surface area contributed by atoms with E-state index in [9.17, 15) is 20.3 Å². The molecule has 0 atom stereocenters. The second-order valence-electron chi connectivity index (χ2n) is 14.0. The first-order valence-electron chi connectivity index (χ1n) is 12.9. The van der Waals surface area contributed by atoms with Gasteiger partial charge in [0.1, 0.15) is 23.4 Å². The monoisotopic (exact) mass is 523 g/mol. The average Bonchev–Trinajstić information content (AvgIpc) is 2.71. The molecule has 0 saturated carbocycles. The standard InChI is InChI=1S/C31H45N3O4/c1-28(2,3)19-13-22(30(7,8)9)26(35)24(15-19)32-17-21(34(37)38)18-33-25-16-20(29(4,5)6)14-23(27(25)36)31(10,11)12/h13-18,32,35-36H,1-12H3/b21-17-,33-18?. The van der Waals surface area contributed by atoms with Crippen LogP contribution in [-0.4, -0.2) is 21.4 Å². The molecule has 0 fully saturated rings. The average molecular weight is 524 g/mol. The van der Waals surface area contributed by atoms with E-state index in [0.29, 0.717) is 5.69 Å². The van der Waals surface area contributed by atoms with Gasteiger partial charge in [0.25, 0.3) is 0 Å². The third-order valence-corrected chi connectivity index (χ3v) is 6.47. The number of nitrogens with zero attached hydrogens (tertiary/aromatic N) is 2. The lowest BCUT2D eigenvalue weighted by atomic mass is 9.79. The van der Waals surface area contributed by atoms with E-state index in [1.54, 1.807) is 6.07 Å². The number of nitrogens with one attached hydrogen (secondary N) is 1. The summed E-state index contributed by atoms with van der Waals surface area (Å²) in [6, 6.07) is 7.53. The van der Waals surface area contributed by atoms with Gasteiger partial charge in [0.05, 0.1) is 16.8 Å². The Morgan fingerprint density at radius 1 is 0.763 bits per heavy atom. The number of hydrogen-bond acceptors (Lipinski definition) is 6. The van der Waals surface area contributed by atoms with Crippen LogP contribution in [0.15, 0.2) is 41.2 Å². The number of benzene rings is 2. The Kier molecular flexibility index (Phi) is 8.47. The Hall–Kier alpha value is -3.35. The smallest absolute Gasteiger partial charge is 0.303 e. The van der Waals surface area contributed by atoms with Crippen LogP contribution in [-0.2, 0) is 21.7 Å². The third kappa shape index (κ3) is 7.36. The van der Waals surface area contributed by atoms with E-state index in [-0.39, 0.29) is 44.5 Å². The van der Waals surface area contributed by atoms with E-state index in [2.05, 4.69) is 51.9 Å². The summed E-state index contributed by atoms with van der Waals surface area (Å²) in [5.41, 5.74) is 2.67. The van der Waals surface area contributed by atoms with Gasteiger partial charge < -0.3 is 15.5 Å². The van der Waals surface area contributed by atoms with Gasteiger partial charge >= 0.3 is 5.70 Å². The minimum Gasteiger partial charge on any atom is -0.505 e. The van der Waals surface area contributed by atoms with Crippen molar-refractivity contribution in [1.82, 2.24) is 0 Å². The maximum absolute atomic E-state index is 11.9. The van der Waals surface area contributed by atoms with E-state index in [1.165, 1.54) is 6.20 Å². The van der Waals surface area contributed by atoms with Crippen LogP contribution >= 0.6 is 0 Å². The summed E-state index contributed by atoms with van der Waals surface area (Å²) in [6.45, 7) is 24.4. The molecule has 0 saturated heterocycles. The predicted octanol–water partition coefficient (Wildman–Crippen LogP) is 8.22. The van der Waals surface area contributed by atoms with Gasteiger partial charge in [-0.3, -0.25) is 10.1 Å². The Balaban J connectivity index is 2.61. The zero-order valence-electron chi connectivity index (χ0n) is 25.1. The Morgan fingerprint density at radius 3 is 1.63 bits per heavy atom. The number of hydrogen-bond donors (Lipinski definition) is 3. The van der Waals surface area contributed by atoms with Gasteiger partial charge in [-0.05, 0) is 44.9 Å². The predicted molar refractivity (Wildman–Crippen MR) is 158 cm³/mol. The maximum Gasteiger partial charge on any atom is 0.303 e. The van der Waals surface area contributed by atoms with Crippen molar-refractivity contribution in [2.24, 2.45) is 4.99 Å². The van der Waals surface area contributed by atoms with E-state index >= 15 is 0 Å². The van der Waals surface area contributed by atoms with Gasteiger partial charge in [0, 0.05) is 11.1 Å². The molecule has 0 aliphatic carbocycles. The molecule has 208 valence electrons. The zero-order valence-corrected chi connectivity index (χ0v) is 25.1. The third-order valence-electron chi connectivity index (χ3n) is 6.47. The van der Waals surface area contributed by atoms with Crippen LogP contribution in [0.1, 0.15) is 105 Å². The molecule has 38 heavy (non-hydrogen) atoms. The molecule has 0 bridgehead atoms. The largest absolute Gasteiger partial charge is 0.505 e. The minimum atomic E-state index is -0.554. The van der Waals surface area contributed by atoms with Crippen molar-refractivity contribution < 1.29 is 15.1 Å². The van der Waals surface area contributed by atoms with Crippen LogP contribution < -0.4 is 5.32 Å². The summed E-state index contributed by atoms with van der Waals surface area (Å²) in [4.78, 5) is 15.7. The molecule has 0 aromatic heterocycles. The van der Waals surface area contributed by atoms with Crippen molar-refractivity contribution in [2.75, 3.05) is 5.32 Å². The molecule has 0 heterocycles. The number of phenolic OH excluding ortho intramolecular Hbond substituents is 2. The van der Waals surface area contributed by atoms with Crippen LogP contribution in [0, 0.1) is 10.1 Å². The number of allylic oxidation sites excluding steroid dienone is 1. The van der Waals surface area contributed by atoms with Crippen LogP contribution in [0.5, 0.6) is 11.5 Å². The summed E-state index contributed by atoms with van der Waals surface area (Å²) < 4.78 is 0. The second kappa shape index (κ2) is 10.4. The molecular weight excluding hydrogens is 478 g/mol. The number of nitro groups is 1. The lowest BCUT2D eigenvalue weighted by Crippen LogP contribution is -2.17. The molecule has 3 N–H and O–H groups in total. The Bertz CT molecular complexity index is 1260. The molecule has 0 aliphatic heterocycles. The van der Waals surface area contributed by atoms with Crippen LogP contribution in [0.2, 0.25) is 0 Å². The van der Waals surface area contributed by atoms with E-state index in [1.807, 2.05) is 59.7 Å². The van der Waals surface area contributed by atoms with Gasteiger partial charge in [-0.15, -0.1) is 0 Å². The molecule has 0 aliphatic rings. The topological polar surface area (TPSA) is 108 Å². The summed E-state index contributed by atoms with van der Waals surface area (Å²) >= 11 is 0. The number of aliphatic imine (C=N–C) groups is 1. The molecule has 0 amide bonds. The second-order valence-corrected chi connectivity index (χ2v) is 14.0. The summed E-state index contributed by atoms with van der Waals surface area (Å²) in [5.74, 6) is 0.0504. The van der Waals surface area contributed by atoms with Crippen molar-refractivity contribution in [3.8, 4) is 11.5 Å². The number of rotatable bonds is 5. The van der Waals surface area contributed by atoms with E-state index < -0.39 is 4.92 Å². The maximum atomic E-state index is 11.9. The van der Waals surface area contributed by atoms with Crippen LogP contribution in [0.3, 0.4) is 0 Å². The number of anilines is 1. The molecule has 0 spiro atoms. The molecule has 7 heteroatoms. The molecule has 0 radical (unpaired) electrons. The van der Waals surface area contributed by atoms with Gasteiger partial charge in [-0.1, -0.05) is 95.2 Å². The van der Waals surface area contributed by atoms with Crippen molar-refractivity contribution in [1.29, 1.82) is 0 Å². The molecule has 7 nitrogen and oxygen atoms in total. The first kappa shape index (κ1) is 30.9. The summed E-state index contributed by atoms with van der Waals surface area (Å²) in [6.07, 6.45) is 2.34. The Labute approximate surface area is 227 Å². The quantitative estimate of drug-likeness (QED) is 0.158. The lowest BCUT2D eigenvalue weighted by Gasteiger charge is -2.27. The normalized spacial score (nSPS) is 13.7. The van der Waals surface area contributed by atoms with E-state index in [0.717, 1.165) is 28.5 Å². The first-order chi connectivity index (χ1) is 17.0. The fourth-order valence-corrected chi connectivity index (χ4v) is 3.90. The highest BCUT2D eigenvalue weighted by Crippen LogP contribution is 2.42. The molecule has 2 aromatic rings. The van der Waals surface area contributed by atoms with Crippen molar-refractivity contribution in [3.63, 3.8) is 0 Å². The fourth-order valence-electron chi connectivity index (χ4n) is 3.90. The number of phenols is 2. The summed E-state index contributed by atoms with van der Waals surface area (Å²) in [7, 11) is 0. The molecule has 2 aromatic carbocycles. The van der Waals surface area contributed by atoms with Crippen molar-refractivity contribution in [2.45, 2.75) is 105 Å². The van der Waals surface area contributed by atoms with Gasteiger partial charge in [-0.2, -0.15) is 0 Å². The first-order valence-corrected chi connectivity index (χ1v) is 12.9.